The third-order valence-corrected chi connectivity index (χ3v) is 4.73. The Balaban J connectivity index is 1.85. The number of para-hydroxylation sites is 1. The summed E-state index contributed by atoms with van der Waals surface area (Å²) in [5, 5.41) is 12.0. The summed E-state index contributed by atoms with van der Waals surface area (Å²) in [7, 11) is 0. The lowest BCUT2D eigenvalue weighted by Gasteiger charge is -2.13. The molecular formula is C17H20N4OS. The highest BCUT2D eigenvalue weighted by molar-refractivity contribution is 8.00. The van der Waals surface area contributed by atoms with Gasteiger partial charge in [-0.2, -0.15) is 0 Å². The van der Waals surface area contributed by atoms with Crippen molar-refractivity contribution < 1.29 is 4.79 Å². The summed E-state index contributed by atoms with van der Waals surface area (Å²) in [6.45, 7) is 5.96. The number of benzene rings is 1. The van der Waals surface area contributed by atoms with E-state index in [-0.39, 0.29) is 11.2 Å². The molecule has 0 radical (unpaired) electrons. The van der Waals surface area contributed by atoms with Gasteiger partial charge in [0.2, 0.25) is 5.91 Å². The lowest BCUT2D eigenvalue weighted by Crippen LogP contribution is -2.31. The first kappa shape index (κ1) is 15.8. The van der Waals surface area contributed by atoms with Crippen molar-refractivity contribution in [3.63, 3.8) is 0 Å². The van der Waals surface area contributed by atoms with Crippen molar-refractivity contribution in [3.05, 3.63) is 48.8 Å². The van der Waals surface area contributed by atoms with Crippen LogP contribution in [0.4, 0.5) is 0 Å². The fourth-order valence-electron chi connectivity index (χ4n) is 2.31. The summed E-state index contributed by atoms with van der Waals surface area (Å²) in [5.41, 5.74) is 1.04. The average molecular weight is 328 g/mol. The second-order valence-corrected chi connectivity index (χ2v) is 6.89. The molecule has 1 aromatic heterocycles. The molecule has 120 valence electrons. The van der Waals surface area contributed by atoms with E-state index in [1.165, 1.54) is 11.8 Å². The first-order valence-corrected chi connectivity index (χ1v) is 8.64. The van der Waals surface area contributed by atoms with E-state index in [9.17, 15) is 4.79 Å². The van der Waals surface area contributed by atoms with Crippen LogP contribution in [-0.4, -0.2) is 32.5 Å². The minimum absolute atomic E-state index is 0.0227. The molecule has 1 heterocycles. The van der Waals surface area contributed by atoms with E-state index in [1.54, 1.807) is 6.08 Å². The molecule has 2 aromatic rings. The molecule has 1 atom stereocenters. The Morgan fingerprint density at radius 3 is 2.83 bits per heavy atom. The number of carbonyl (C=O) groups excluding carboxylic acids is 1. The summed E-state index contributed by atoms with van der Waals surface area (Å²) >= 11 is 1.43. The van der Waals surface area contributed by atoms with Crippen LogP contribution < -0.4 is 5.32 Å². The zero-order chi connectivity index (χ0) is 16.2. The lowest BCUT2D eigenvalue weighted by atomic mass is 10.3. The van der Waals surface area contributed by atoms with Gasteiger partial charge in [0.15, 0.2) is 5.16 Å². The van der Waals surface area contributed by atoms with Gasteiger partial charge in [0.25, 0.3) is 0 Å². The van der Waals surface area contributed by atoms with Crippen LogP contribution in [0.15, 0.2) is 48.1 Å². The van der Waals surface area contributed by atoms with Gasteiger partial charge < -0.3 is 5.32 Å². The number of rotatable bonds is 7. The Bertz CT molecular complexity index is 694. The second kappa shape index (κ2) is 7.00. The van der Waals surface area contributed by atoms with Crippen LogP contribution in [0.3, 0.4) is 0 Å². The Labute approximate surface area is 140 Å². The smallest absolute Gasteiger partial charge is 0.233 e. The molecular weight excluding hydrogens is 308 g/mol. The number of aromatic nitrogens is 3. The van der Waals surface area contributed by atoms with Gasteiger partial charge in [0.1, 0.15) is 5.82 Å². The SMILES string of the molecule is C=CCNC(=O)[C@H](C)Sc1nnc(C2CC2)n1-c1ccccc1. The largest absolute Gasteiger partial charge is 0.352 e. The molecule has 1 aliphatic carbocycles. The summed E-state index contributed by atoms with van der Waals surface area (Å²) in [6, 6.07) is 10.1. The third kappa shape index (κ3) is 3.64. The maximum absolute atomic E-state index is 12.1. The van der Waals surface area contributed by atoms with E-state index in [2.05, 4.69) is 26.7 Å². The summed E-state index contributed by atoms with van der Waals surface area (Å²) < 4.78 is 2.08. The Morgan fingerprint density at radius 2 is 2.17 bits per heavy atom. The van der Waals surface area contributed by atoms with E-state index >= 15 is 0 Å². The number of hydrogen-bond acceptors (Lipinski definition) is 4. The van der Waals surface area contributed by atoms with E-state index < -0.39 is 0 Å². The summed E-state index contributed by atoms with van der Waals surface area (Å²) in [4.78, 5) is 12.1. The maximum atomic E-state index is 12.1. The van der Waals surface area contributed by atoms with Crippen molar-refractivity contribution in [1.82, 2.24) is 20.1 Å². The highest BCUT2D eigenvalue weighted by Crippen LogP contribution is 2.41. The molecule has 6 heteroatoms. The Morgan fingerprint density at radius 1 is 1.43 bits per heavy atom. The molecule has 0 aliphatic heterocycles. The Hall–Kier alpha value is -2.08. The molecule has 1 aromatic carbocycles. The number of amides is 1. The molecule has 1 aliphatic rings. The third-order valence-electron chi connectivity index (χ3n) is 3.69. The van der Waals surface area contributed by atoms with Gasteiger partial charge in [0.05, 0.1) is 5.25 Å². The van der Waals surface area contributed by atoms with Gasteiger partial charge in [-0.05, 0) is 31.9 Å². The van der Waals surface area contributed by atoms with Crippen LogP contribution in [-0.2, 0) is 4.79 Å². The average Bonchev–Trinajstić information content (AvgIpc) is 3.34. The van der Waals surface area contributed by atoms with Crippen LogP contribution in [0.5, 0.6) is 0 Å². The van der Waals surface area contributed by atoms with Crippen molar-refractivity contribution in [2.24, 2.45) is 0 Å². The van der Waals surface area contributed by atoms with Gasteiger partial charge in [0, 0.05) is 18.2 Å². The molecule has 0 unspecified atom stereocenters. The predicted octanol–water partition coefficient (Wildman–Crippen LogP) is 2.93. The van der Waals surface area contributed by atoms with Crippen molar-refractivity contribution in [2.75, 3.05) is 6.54 Å². The number of thioether (sulfide) groups is 1. The Kier molecular flexibility index (Phi) is 4.81. The van der Waals surface area contributed by atoms with Crippen LogP contribution in [0.25, 0.3) is 5.69 Å². The molecule has 1 N–H and O–H groups in total. The fourth-order valence-corrected chi connectivity index (χ4v) is 3.21. The van der Waals surface area contributed by atoms with E-state index in [0.29, 0.717) is 12.5 Å². The first-order valence-electron chi connectivity index (χ1n) is 7.76. The van der Waals surface area contributed by atoms with E-state index in [4.69, 9.17) is 0 Å². The highest BCUT2D eigenvalue weighted by Gasteiger charge is 2.31. The van der Waals surface area contributed by atoms with Crippen LogP contribution in [0.2, 0.25) is 0 Å². The fraction of sp³-hybridized carbons (Fsp3) is 0.353. The minimum Gasteiger partial charge on any atom is -0.352 e. The number of hydrogen-bond donors (Lipinski definition) is 1. The zero-order valence-electron chi connectivity index (χ0n) is 13.1. The van der Waals surface area contributed by atoms with Gasteiger partial charge in [-0.1, -0.05) is 36.0 Å². The predicted molar refractivity (Wildman–Crippen MR) is 91.9 cm³/mol. The molecule has 0 bridgehead atoms. The molecule has 1 amide bonds. The van der Waals surface area contributed by atoms with Crippen molar-refractivity contribution in [3.8, 4) is 5.69 Å². The monoisotopic (exact) mass is 328 g/mol. The molecule has 0 saturated heterocycles. The molecule has 1 saturated carbocycles. The van der Waals surface area contributed by atoms with Crippen LogP contribution in [0, 0.1) is 0 Å². The number of carbonyl (C=O) groups is 1. The molecule has 1 fully saturated rings. The van der Waals surface area contributed by atoms with Crippen LogP contribution in [0.1, 0.15) is 31.5 Å². The normalized spacial score (nSPS) is 15.2. The van der Waals surface area contributed by atoms with Crippen LogP contribution >= 0.6 is 11.8 Å². The van der Waals surface area contributed by atoms with Gasteiger partial charge in [-0.25, -0.2) is 0 Å². The molecule has 3 rings (SSSR count). The minimum atomic E-state index is -0.242. The van der Waals surface area contributed by atoms with Gasteiger partial charge in [-0.3, -0.25) is 9.36 Å². The van der Waals surface area contributed by atoms with Gasteiger partial charge in [-0.15, -0.1) is 16.8 Å². The van der Waals surface area contributed by atoms with Crippen molar-refractivity contribution in [2.45, 2.75) is 36.1 Å². The second-order valence-electron chi connectivity index (χ2n) is 5.58. The first-order chi connectivity index (χ1) is 11.2. The highest BCUT2D eigenvalue weighted by atomic mass is 32.2. The summed E-state index contributed by atoms with van der Waals surface area (Å²) in [5.74, 6) is 1.46. The van der Waals surface area contributed by atoms with Crippen molar-refractivity contribution in [1.29, 1.82) is 0 Å². The lowest BCUT2D eigenvalue weighted by molar-refractivity contribution is -0.120. The summed E-state index contributed by atoms with van der Waals surface area (Å²) in [6.07, 6.45) is 3.99. The van der Waals surface area contributed by atoms with Gasteiger partial charge >= 0.3 is 0 Å². The molecule has 23 heavy (non-hydrogen) atoms. The standard InChI is InChI=1S/C17H20N4OS/c1-3-11-18-16(22)12(2)23-17-20-19-15(13-9-10-13)21(17)14-7-5-4-6-8-14/h3-8,12-13H,1,9-11H2,2H3,(H,18,22)/t12-/m0/s1. The number of nitrogens with one attached hydrogen (secondary N) is 1. The van der Waals surface area contributed by atoms with E-state index in [1.807, 2.05) is 37.3 Å². The zero-order valence-corrected chi connectivity index (χ0v) is 13.9. The quantitative estimate of drug-likeness (QED) is 0.627. The van der Waals surface area contributed by atoms with E-state index in [0.717, 1.165) is 29.5 Å². The maximum Gasteiger partial charge on any atom is 0.233 e. The molecule has 0 spiro atoms. The molecule has 5 nitrogen and oxygen atoms in total. The van der Waals surface area contributed by atoms with Crippen molar-refractivity contribution >= 4 is 17.7 Å². The number of nitrogens with zero attached hydrogens (tertiary/aromatic N) is 3. The topological polar surface area (TPSA) is 59.8 Å².